The molecule has 0 bridgehead atoms. The van der Waals surface area contributed by atoms with Gasteiger partial charge in [0, 0.05) is 13.1 Å². The molecule has 1 N–H and O–H groups in total. The average Bonchev–Trinajstić information content (AvgIpc) is 2.93. The number of esters is 1. The molecule has 4 rings (SSSR count). The van der Waals surface area contributed by atoms with Crippen LogP contribution in [-0.2, 0) is 9.53 Å². The third-order valence-electron chi connectivity index (χ3n) is 6.91. The normalized spacial score (nSPS) is 14.8. The lowest BCUT2D eigenvalue weighted by Gasteiger charge is -2.35. The van der Waals surface area contributed by atoms with Crippen molar-refractivity contribution in [1.82, 2.24) is 9.97 Å². The second-order valence-electron chi connectivity index (χ2n) is 9.15. The van der Waals surface area contributed by atoms with E-state index in [4.69, 9.17) is 9.47 Å². The molecule has 7 nitrogen and oxygen atoms in total. The zero-order valence-corrected chi connectivity index (χ0v) is 21.4. The number of piperidine rings is 1. The molecule has 0 amide bonds. The minimum atomic E-state index is -0.191. The summed E-state index contributed by atoms with van der Waals surface area (Å²) in [6, 6.07) is 17.6. The summed E-state index contributed by atoms with van der Waals surface area (Å²) in [4.78, 5) is 23.1. The van der Waals surface area contributed by atoms with Crippen molar-refractivity contribution in [1.29, 1.82) is 0 Å². The van der Waals surface area contributed by atoms with E-state index in [1.807, 2.05) is 6.92 Å². The van der Waals surface area contributed by atoms with E-state index < -0.39 is 0 Å². The predicted molar refractivity (Wildman–Crippen MR) is 143 cm³/mol. The SMILES string of the molecule is CCOc1ncc(Nc2cc(C(CC)CC(=O)OC)ccc2N2CCC(c3ccccc3)CC2)cn1. The Morgan fingerprint density at radius 3 is 2.44 bits per heavy atom. The van der Waals surface area contributed by atoms with E-state index in [2.05, 4.69) is 75.6 Å². The molecule has 190 valence electrons. The number of carbonyl (C=O) groups is 1. The van der Waals surface area contributed by atoms with Crippen LogP contribution in [0.2, 0.25) is 0 Å². The zero-order valence-electron chi connectivity index (χ0n) is 21.4. The minimum absolute atomic E-state index is 0.0902. The summed E-state index contributed by atoms with van der Waals surface area (Å²) in [5.41, 5.74) is 5.46. The Morgan fingerprint density at radius 2 is 1.81 bits per heavy atom. The van der Waals surface area contributed by atoms with Crippen molar-refractivity contribution in [3.8, 4) is 6.01 Å². The maximum atomic E-state index is 12.0. The fraction of sp³-hybridized carbons (Fsp3) is 0.414. The number of methoxy groups -OCH3 is 1. The second-order valence-corrected chi connectivity index (χ2v) is 9.15. The molecule has 1 unspecified atom stereocenters. The molecule has 1 atom stereocenters. The van der Waals surface area contributed by atoms with E-state index in [9.17, 15) is 4.79 Å². The summed E-state index contributed by atoms with van der Waals surface area (Å²) < 4.78 is 10.3. The molecule has 1 aromatic heterocycles. The number of nitrogens with zero attached hydrogens (tertiary/aromatic N) is 3. The topological polar surface area (TPSA) is 76.6 Å². The molecule has 3 aromatic rings. The van der Waals surface area contributed by atoms with Crippen LogP contribution in [0.1, 0.15) is 62.5 Å². The van der Waals surface area contributed by atoms with Gasteiger partial charge in [0.15, 0.2) is 0 Å². The van der Waals surface area contributed by atoms with Gasteiger partial charge < -0.3 is 19.7 Å². The van der Waals surface area contributed by atoms with Gasteiger partial charge in [0.25, 0.3) is 0 Å². The molecular formula is C29H36N4O3. The number of carbonyl (C=O) groups excluding carboxylic acids is 1. The van der Waals surface area contributed by atoms with Crippen LogP contribution in [0.25, 0.3) is 0 Å². The van der Waals surface area contributed by atoms with E-state index in [1.54, 1.807) is 12.4 Å². The molecule has 0 saturated carbocycles. The molecule has 0 radical (unpaired) electrons. The Hall–Kier alpha value is -3.61. The number of anilines is 3. The van der Waals surface area contributed by atoms with Crippen molar-refractivity contribution in [3.63, 3.8) is 0 Å². The highest BCUT2D eigenvalue weighted by molar-refractivity contribution is 5.77. The Balaban J connectivity index is 1.58. The van der Waals surface area contributed by atoms with E-state index in [0.717, 1.165) is 55.0 Å². The summed E-state index contributed by atoms with van der Waals surface area (Å²) in [6.45, 7) is 6.49. The number of rotatable bonds is 10. The van der Waals surface area contributed by atoms with Crippen LogP contribution < -0.4 is 15.0 Å². The molecule has 1 fully saturated rings. The minimum Gasteiger partial charge on any atom is -0.469 e. The van der Waals surface area contributed by atoms with Gasteiger partial charge in [0.1, 0.15) is 0 Å². The first-order valence-corrected chi connectivity index (χ1v) is 12.8. The first-order chi connectivity index (χ1) is 17.6. The average molecular weight is 489 g/mol. The van der Waals surface area contributed by atoms with Gasteiger partial charge in [-0.3, -0.25) is 4.79 Å². The summed E-state index contributed by atoms with van der Waals surface area (Å²) in [5.74, 6) is 0.484. The Kier molecular flexibility index (Phi) is 8.76. The highest BCUT2D eigenvalue weighted by atomic mass is 16.5. The van der Waals surface area contributed by atoms with Gasteiger partial charge in [0.2, 0.25) is 0 Å². The zero-order chi connectivity index (χ0) is 25.3. The maximum absolute atomic E-state index is 12.0. The first-order valence-electron chi connectivity index (χ1n) is 12.8. The molecule has 1 aliphatic rings. The Morgan fingerprint density at radius 1 is 1.08 bits per heavy atom. The molecule has 1 saturated heterocycles. The largest absolute Gasteiger partial charge is 0.469 e. The molecule has 0 spiro atoms. The molecule has 7 heteroatoms. The third-order valence-corrected chi connectivity index (χ3v) is 6.91. The number of aromatic nitrogens is 2. The van der Waals surface area contributed by atoms with Crippen molar-refractivity contribution in [2.45, 2.75) is 51.4 Å². The van der Waals surface area contributed by atoms with Crippen LogP contribution in [0.4, 0.5) is 17.1 Å². The number of ether oxygens (including phenoxy) is 2. The van der Waals surface area contributed by atoms with Gasteiger partial charge >= 0.3 is 12.0 Å². The van der Waals surface area contributed by atoms with Crippen LogP contribution in [0.15, 0.2) is 60.9 Å². The van der Waals surface area contributed by atoms with Crippen LogP contribution in [0.5, 0.6) is 6.01 Å². The highest BCUT2D eigenvalue weighted by Gasteiger charge is 2.24. The van der Waals surface area contributed by atoms with Crippen LogP contribution in [-0.4, -0.2) is 42.7 Å². The van der Waals surface area contributed by atoms with Gasteiger partial charge in [-0.25, -0.2) is 9.97 Å². The predicted octanol–water partition coefficient (Wildman–Crippen LogP) is 6.06. The van der Waals surface area contributed by atoms with Crippen molar-refractivity contribution >= 4 is 23.0 Å². The van der Waals surface area contributed by atoms with E-state index in [1.165, 1.54) is 12.7 Å². The van der Waals surface area contributed by atoms with Gasteiger partial charge in [0.05, 0.1) is 49.6 Å². The highest BCUT2D eigenvalue weighted by Crippen LogP contribution is 2.37. The summed E-state index contributed by atoms with van der Waals surface area (Å²) in [6.07, 6.45) is 6.90. The van der Waals surface area contributed by atoms with E-state index in [0.29, 0.717) is 25.0 Å². The molecule has 1 aliphatic heterocycles. The monoisotopic (exact) mass is 488 g/mol. The summed E-state index contributed by atoms with van der Waals surface area (Å²) in [5, 5.41) is 3.53. The van der Waals surface area contributed by atoms with E-state index in [-0.39, 0.29) is 11.9 Å². The number of nitrogens with one attached hydrogen (secondary N) is 1. The summed E-state index contributed by atoms with van der Waals surface area (Å²) in [7, 11) is 1.44. The molecule has 36 heavy (non-hydrogen) atoms. The lowest BCUT2D eigenvalue weighted by Crippen LogP contribution is -2.33. The summed E-state index contributed by atoms with van der Waals surface area (Å²) >= 11 is 0. The molecule has 2 aromatic carbocycles. The number of hydrogen-bond acceptors (Lipinski definition) is 7. The Bertz CT molecular complexity index is 1110. The van der Waals surface area contributed by atoms with Crippen molar-refractivity contribution in [2.24, 2.45) is 0 Å². The van der Waals surface area contributed by atoms with Crippen LogP contribution >= 0.6 is 0 Å². The van der Waals surface area contributed by atoms with Gasteiger partial charge in [-0.05, 0) is 61.3 Å². The quantitative estimate of drug-likeness (QED) is 0.348. The van der Waals surface area contributed by atoms with Crippen LogP contribution in [0.3, 0.4) is 0 Å². The third kappa shape index (κ3) is 6.33. The number of hydrogen-bond donors (Lipinski definition) is 1. The van der Waals surface area contributed by atoms with Crippen molar-refractivity contribution in [2.75, 3.05) is 37.0 Å². The number of benzene rings is 2. The fourth-order valence-electron chi connectivity index (χ4n) is 4.88. The molecule has 0 aliphatic carbocycles. The fourth-order valence-corrected chi connectivity index (χ4v) is 4.88. The first kappa shape index (κ1) is 25.5. The smallest absolute Gasteiger partial charge is 0.316 e. The molecule has 2 heterocycles. The Labute approximate surface area is 213 Å². The lowest BCUT2D eigenvalue weighted by molar-refractivity contribution is -0.141. The van der Waals surface area contributed by atoms with E-state index >= 15 is 0 Å². The standard InChI is InChI=1S/C29H36N4O3/c1-4-21(18-28(34)35-3)24-11-12-27(26(17-24)32-25-19-30-29(31-20-25)36-5-2)33-15-13-23(14-16-33)22-9-7-6-8-10-22/h6-12,17,19-21,23,32H,4-5,13-16,18H2,1-3H3. The molecular weight excluding hydrogens is 452 g/mol. The van der Waals surface area contributed by atoms with Gasteiger partial charge in [-0.1, -0.05) is 43.3 Å². The van der Waals surface area contributed by atoms with Crippen molar-refractivity contribution < 1.29 is 14.3 Å². The second kappa shape index (κ2) is 12.4. The maximum Gasteiger partial charge on any atom is 0.316 e. The van der Waals surface area contributed by atoms with Crippen molar-refractivity contribution in [3.05, 3.63) is 72.1 Å². The van der Waals surface area contributed by atoms with Gasteiger partial charge in [-0.15, -0.1) is 0 Å². The van der Waals surface area contributed by atoms with Crippen LogP contribution in [0, 0.1) is 0 Å². The van der Waals surface area contributed by atoms with Gasteiger partial charge in [-0.2, -0.15) is 0 Å². The lowest BCUT2D eigenvalue weighted by atomic mass is 9.88.